The number of thiazole rings is 1. The lowest BCUT2D eigenvalue weighted by atomic mass is 10.1. The molecule has 0 saturated heterocycles. The minimum absolute atomic E-state index is 0.0788. The zero-order chi connectivity index (χ0) is 16.9. The number of rotatable bonds is 5. The van der Waals surface area contributed by atoms with Crippen LogP contribution >= 0.6 is 11.3 Å². The van der Waals surface area contributed by atoms with Crippen molar-refractivity contribution in [3.63, 3.8) is 0 Å². The van der Waals surface area contributed by atoms with E-state index in [-0.39, 0.29) is 11.7 Å². The van der Waals surface area contributed by atoms with Gasteiger partial charge in [-0.3, -0.25) is 4.79 Å². The number of amides is 1. The first-order chi connectivity index (χ1) is 11.6. The van der Waals surface area contributed by atoms with Crippen LogP contribution < -0.4 is 5.32 Å². The van der Waals surface area contributed by atoms with E-state index in [9.17, 15) is 9.90 Å². The summed E-state index contributed by atoms with van der Waals surface area (Å²) in [7, 11) is 0. The van der Waals surface area contributed by atoms with Gasteiger partial charge in [-0.05, 0) is 37.1 Å². The number of anilines is 1. The van der Waals surface area contributed by atoms with Gasteiger partial charge >= 0.3 is 0 Å². The van der Waals surface area contributed by atoms with Gasteiger partial charge in [-0.15, -0.1) is 11.3 Å². The van der Waals surface area contributed by atoms with Gasteiger partial charge in [-0.1, -0.05) is 30.3 Å². The molecular weight excluding hydrogens is 320 g/mol. The predicted octanol–water partition coefficient (Wildman–Crippen LogP) is 4.40. The maximum absolute atomic E-state index is 12.1. The van der Waals surface area contributed by atoms with Crippen LogP contribution in [0.5, 0.6) is 5.75 Å². The quantitative estimate of drug-likeness (QED) is 0.725. The number of para-hydroxylation sites is 1. The number of phenolic OH excluding ortho intramolecular Hbond substituents is 1. The number of aromatic nitrogens is 1. The van der Waals surface area contributed by atoms with E-state index in [1.54, 1.807) is 23.5 Å². The van der Waals surface area contributed by atoms with Crippen LogP contribution in [0, 0.1) is 6.92 Å². The Morgan fingerprint density at radius 3 is 2.79 bits per heavy atom. The molecule has 0 aliphatic carbocycles. The minimum Gasteiger partial charge on any atom is -0.508 e. The minimum atomic E-state index is -0.0788. The second kappa shape index (κ2) is 7.27. The summed E-state index contributed by atoms with van der Waals surface area (Å²) in [6, 6.07) is 14.7. The highest BCUT2D eigenvalue weighted by Crippen LogP contribution is 2.24. The molecule has 4 nitrogen and oxygen atoms in total. The maximum atomic E-state index is 12.1. The number of aromatic hydroxyl groups is 1. The van der Waals surface area contributed by atoms with Crippen LogP contribution in [0.2, 0.25) is 0 Å². The SMILES string of the molecule is Cc1nc(-c2cccc(NC(=O)CCc3ccccc3O)c2)cs1. The molecule has 2 N–H and O–H groups in total. The number of hydrogen-bond donors (Lipinski definition) is 2. The summed E-state index contributed by atoms with van der Waals surface area (Å²) in [4.78, 5) is 16.6. The third kappa shape index (κ3) is 4.00. The van der Waals surface area contributed by atoms with Crippen molar-refractivity contribution in [2.24, 2.45) is 0 Å². The maximum Gasteiger partial charge on any atom is 0.224 e. The van der Waals surface area contributed by atoms with Crippen molar-refractivity contribution in [1.82, 2.24) is 4.98 Å². The Bertz CT molecular complexity index is 858. The first-order valence-corrected chi connectivity index (χ1v) is 8.59. The zero-order valence-electron chi connectivity index (χ0n) is 13.3. The summed E-state index contributed by atoms with van der Waals surface area (Å²) < 4.78 is 0. The van der Waals surface area contributed by atoms with Gasteiger partial charge in [0.2, 0.25) is 5.91 Å². The van der Waals surface area contributed by atoms with E-state index >= 15 is 0 Å². The molecule has 2 aromatic carbocycles. The molecule has 3 rings (SSSR count). The highest BCUT2D eigenvalue weighted by Gasteiger charge is 2.07. The molecule has 0 spiro atoms. The third-order valence-electron chi connectivity index (χ3n) is 3.67. The van der Waals surface area contributed by atoms with Crippen molar-refractivity contribution < 1.29 is 9.90 Å². The first kappa shape index (κ1) is 16.2. The summed E-state index contributed by atoms with van der Waals surface area (Å²) in [6.07, 6.45) is 0.821. The van der Waals surface area contributed by atoms with Crippen LogP contribution in [0.15, 0.2) is 53.9 Å². The summed E-state index contributed by atoms with van der Waals surface area (Å²) in [5.41, 5.74) is 3.43. The largest absolute Gasteiger partial charge is 0.508 e. The molecule has 0 atom stereocenters. The molecule has 0 saturated carbocycles. The van der Waals surface area contributed by atoms with Crippen molar-refractivity contribution in [2.45, 2.75) is 19.8 Å². The number of aryl methyl sites for hydroxylation is 2. The van der Waals surface area contributed by atoms with Crippen LogP contribution in [0.25, 0.3) is 11.3 Å². The van der Waals surface area contributed by atoms with Gasteiger partial charge in [0.15, 0.2) is 0 Å². The molecular formula is C19H18N2O2S. The van der Waals surface area contributed by atoms with E-state index in [1.165, 1.54) is 0 Å². The fourth-order valence-corrected chi connectivity index (χ4v) is 3.07. The Labute approximate surface area is 144 Å². The molecule has 0 aliphatic rings. The summed E-state index contributed by atoms with van der Waals surface area (Å²) >= 11 is 1.60. The Morgan fingerprint density at radius 2 is 2.04 bits per heavy atom. The van der Waals surface area contributed by atoms with Crippen LogP contribution in [-0.4, -0.2) is 16.0 Å². The average molecular weight is 338 g/mol. The van der Waals surface area contributed by atoms with Crippen molar-refractivity contribution in [1.29, 1.82) is 0 Å². The Hall–Kier alpha value is -2.66. The Morgan fingerprint density at radius 1 is 1.21 bits per heavy atom. The van der Waals surface area contributed by atoms with Gasteiger partial charge in [0.1, 0.15) is 5.75 Å². The highest BCUT2D eigenvalue weighted by molar-refractivity contribution is 7.09. The standard InChI is InChI=1S/C19H18N2O2S/c1-13-20-17(12-24-13)15-6-4-7-16(11-15)21-19(23)10-9-14-5-2-3-8-18(14)22/h2-8,11-12,22H,9-10H2,1H3,(H,21,23). The summed E-state index contributed by atoms with van der Waals surface area (Å²) in [5, 5.41) is 15.7. The fraction of sp³-hybridized carbons (Fsp3) is 0.158. The average Bonchev–Trinajstić information content (AvgIpc) is 3.01. The fourth-order valence-electron chi connectivity index (χ4n) is 2.45. The lowest BCUT2D eigenvalue weighted by Gasteiger charge is -2.07. The molecule has 0 bridgehead atoms. The Balaban J connectivity index is 1.63. The van der Waals surface area contributed by atoms with E-state index in [1.807, 2.05) is 48.7 Å². The normalized spacial score (nSPS) is 10.5. The molecule has 24 heavy (non-hydrogen) atoms. The number of carbonyl (C=O) groups is 1. The van der Waals surface area contributed by atoms with E-state index in [2.05, 4.69) is 10.3 Å². The lowest BCUT2D eigenvalue weighted by molar-refractivity contribution is -0.116. The van der Waals surface area contributed by atoms with Crippen LogP contribution in [-0.2, 0) is 11.2 Å². The number of phenols is 1. The van der Waals surface area contributed by atoms with E-state index in [0.717, 1.165) is 27.5 Å². The zero-order valence-corrected chi connectivity index (χ0v) is 14.1. The number of benzene rings is 2. The highest BCUT2D eigenvalue weighted by atomic mass is 32.1. The van der Waals surface area contributed by atoms with Crippen molar-refractivity contribution >= 4 is 22.9 Å². The summed E-state index contributed by atoms with van der Waals surface area (Å²) in [5.74, 6) is 0.149. The van der Waals surface area contributed by atoms with Crippen molar-refractivity contribution in [3.8, 4) is 17.0 Å². The topological polar surface area (TPSA) is 62.2 Å². The lowest BCUT2D eigenvalue weighted by Crippen LogP contribution is -2.12. The smallest absolute Gasteiger partial charge is 0.224 e. The molecule has 1 heterocycles. The van der Waals surface area contributed by atoms with Gasteiger partial charge in [-0.25, -0.2) is 4.98 Å². The predicted molar refractivity (Wildman–Crippen MR) is 97.3 cm³/mol. The summed E-state index contributed by atoms with van der Waals surface area (Å²) in [6.45, 7) is 1.97. The second-order valence-corrected chi connectivity index (χ2v) is 6.57. The van der Waals surface area contributed by atoms with Crippen molar-refractivity contribution in [3.05, 3.63) is 64.5 Å². The molecule has 0 fully saturated rings. The van der Waals surface area contributed by atoms with Crippen LogP contribution in [0.4, 0.5) is 5.69 Å². The number of carbonyl (C=O) groups excluding carboxylic acids is 1. The van der Waals surface area contributed by atoms with Gasteiger partial charge < -0.3 is 10.4 Å². The van der Waals surface area contributed by atoms with Gasteiger partial charge in [0.05, 0.1) is 10.7 Å². The monoisotopic (exact) mass is 338 g/mol. The molecule has 1 amide bonds. The molecule has 0 unspecified atom stereocenters. The van der Waals surface area contributed by atoms with E-state index in [0.29, 0.717) is 12.8 Å². The van der Waals surface area contributed by atoms with Crippen LogP contribution in [0.3, 0.4) is 0 Å². The molecule has 0 aliphatic heterocycles. The van der Waals surface area contributed by atoms with Crippen molar-refractivity contribution in [2.75, 3.05) is 5.32 Å². The Kier molecular flexibility index (Phi) is 4.91. The molecule has 3 aromatic rings. The molecule has 1 aromatic heterocycles. The first-order valence-electron chi connectivity index (χ1n) is 7.71. The van der Waals surface area contributed by atoms with E-state index in [4.69, 9.17) is 0 Å². The number of nitrogens with zero attached hydrogens (tertiary/aromatic N) is 1. The number of hydrogen-bond acceptors (Lipinski definition) is 4. The van der Waals surface area contributed by atoms with Gasteiger partial charge in [0, 0.05) is 23.1 Å². The van der Waals surface area contributed by atoms with Gasteiger partial charge in [-0.2, -0.15) is 0 Å². The van der Waals surface area contributed by atoms with Gasteiger partial charge in [0.25, 0.3) is 0 Å². The third-order valence-corrected chi connectivity index (χ3v) is 4.45. The molecule has 0 radical (unpaired) electrons. The molecule has 122 valence electrons. The number of nitrogens with one attached hydrogen (secondary N) is 1. The van der Waals surface area contributed by atoms with E-state index < -0.39 is 0 Å². The molecule has 5 heteroatoms. The van der Waals surface area contributed by atoms with Crippen LogP contribution in [0.1, 0.15) is 17.0 Å². The second-order valence-electron chi connectivity index (χ2n) is 5.51.